The molecule has 1 fully saturated rings. The normalized spacial score (nSPS) is 17.9. The molecule has 3 N–H and O–H groups in total. The Bertz CT molecular complexity index is 527. The predicted molar refractivity (Wildman–Crippen MR) is 77.3 cm³/mol. The largest absolute Gasteiger partial charge is 0.508 e. The van der Waals surface area contributed by atoms with Gasteiger partial charge in [0.1, 0.15) is 11.2 Å². The number of hydrogen-bond acceptors (Lipinski definition) is 4. The molecule has 0 bridgehead atoms. The first-order valence-electron chi connectivity index (χ1n) is 7.20. The van der Waals surface area contributed by atoms with Gasteiger partial charge in [-0.05, 0) is 37.0 Å². The number of phenols is 1. The van der Waals surface area contributed by atoms with Crippen molar-refractivity contribution >= 4 is 5.91 Å². The molecule has 1 aromatic rings. The van der Waals surface area contributed by atoms with E-state index in [1.165, 1.54) is 0 Å². The van der Waals surface area contributed by atoms with Gasteiger partial charge in [-0.25, -0.2) is 0 Å². The van der Waals surface area contributed by atoms with Gasteiger partial charge in [-0.3, -0.25) is 4.79 Å². The van der Waals surface area contributed by atoms with Crippen LogP contribution in [0, 0.1) is 16.7 Å². The van der Waals surface area contributed by atoms with E-state index >= 15 is 0 Å². The number of aliphatic hydroxyl groups excluding tert-OH is 1. The lowest BCUT2D eigenvalue weighted by molar-refractivity contribution is -0.129. The molecule has 0 radical (unpaired) electrons. The summed E-state index contributed by atoms with van der Waals surface area (Å²) in [5.41, 5.74) is -0.0212. The van der Waals surface area contributed by atoms with E-state index < -0.39 is 11.5 Å². The molecule has 5 heteroatoms. The average molecular weight is 288 g/mol. The minimum Gasteiger partial charge on any atom is -0.508 e. The van der Waals surface area contributed by atoms with Crippen molar-refractivity contribution in [3.8, 4) is 11.8 Å². The van der Waals surface area contributed by atoms with Crippen molar-refractivity contribution in [3.05, 3.63) is 29.8 Å². The zero-order valence-electron chi connectivity index (χ0n) is 11.9. The summed E-state index contributed by atoms with van der Waals surface area (Å²) < 4.78 is 0. The van der Waals surface area contributed by atoms with Crippen molar-refractivity contribution in [2.75, 3.05) is 6.61 Å². The van der Waals surface area contributed by atoms with Crippen molar-refractivity contribution in [2.24, 2.45) is 5.41 Å². The summed E-state index contributed by atoms with van der Waals surface area (Å²) in [4.78, 5) is 12.3. The van der Waals surface area contributed by atoms with Crippen LogP contribution in [0.5, 0.6) is 5.75 Å². The first kappa shape index (κ1) is 15.3. The maximum atomic E-state index is 12.3. The van der Waals surface area contributed by atoms with Crippen LogP contribution in [0.4, 0.5) is 0 Å². The summed E-state index contributed by atoms with van der Waals surface area (Å²) in [6, 6.07) is 8.37. The number of carbonyl (C=O) groups excluding carboxylic acids is 1. The maximum absolute atomic E-state index is 12.3. The van der Waals surface area contributed by atoms with Crippen LogP contribution in [0.15, 0.2) is 24.3 Å². The molecule has 1 saturated carbocycles. The monoisotopic (exact) mass is 288 g/mol. The topological polar surface area (TPSA) is 93.4 Å². The van der Waals surface area contributed by atoms with Crippen molar-refractivity contribution in [2.45, 2.75) is 38.1 Å². The second kappa shape index (κ2) is 6.59. The molecule has 2 rings (SSSR count). The van der Waals surface area contributed by atoms with E-state index in [-0.39, 0.29) is 18.3 Å². The number of carbonyl (C=O) groups is 1. The van der Waals surface area contributed by atoms with Crippen LogP contribution in [-0.2, 0) is 11.2 Å². The van der Waals surface area contributed by atoms with E-state index in [0.717, 1.165) is 18.4 Å². The molecule has 0 spiro atoms. The highest BCUT2D eigenvalue weighted by molar-refractivity contribution is 5.86. The minimum absolute atomic E-state index is 0.178. The van der Waals surface area contributed by atoms with Gasteiger partial charge in [0.2, 0.25) is 5.91 Å². The third kappa shape index (κ3) is 3.53. The SMILES string of the molecule is N#CC1(C(=O)N[C@H](CO)Cc2ccc(O)cc2)CCCC1. The van der Waals surface area contributed by atoms with Crippen LogP contribution < -0.4 is 5.32 Å². The lowest BCUT2D eigenvalue weighted by atomic mass is 9.86. The summed E-state index contributed by atoms with van der Waals surface area (Å²) in [7, 11) is 0. The second-order valence-electron chi connectivity index (χ2n) is 5.62. The molecule has 112 valence electrons. The Kier molecular flexibility index (Phi) is 4.81. The summed E-state index contributed by atoms with van der Waals surface area (Å²) in [6.07, 6.45) is 3.43. The summed E-state index contributed by atoms with van der Waals surface area (Å²) >= 11 is 0. The van der Waals surface area contributed by atoms with Crippen LogP contribution in [0.2, 0.25) is 0 Å². The predicted octanol–water partition coefficient (Wildman–Crippen LogP) is 1.50. The fraction of sp³-hybridized carbons (Fsp3) is 0.500. The molecule has 0 aromatic heterocycles. The maximum Gasteiger partial charge on any atom is 0.240 e. The van der Waals surface area contributed by atoms with Gasteiger partial charge in [-0.1, -0.05) is 25.0 Å². The lowest BCUT2D eigenvalue weighted by Crippen LogP contribution is -2.46. The third-order valence-electron chi connectivity index (χ3n) is 4.08. The van der Waals surface area contributed by atoms with E-state index in [2.05, 4.69) is 11.4 Å². The number of hydrogen-bond donors (Lipinski definition) is 3. The van der Waals surface area contributed by atoms with Crippen molar-refractivity contribution in [1.29, 1.82) is 5.26 Å². The molecule has 1 atom stereocenters. The number of benzene rings is 1. The number of nitrogens with one attached hydrogen (secondary N) is 1. The summed E-state index contributed by atoms with van der Waals surface area (Å²) in [5.74, 6) is -0.0990. The number of amides is 1. The molecule has 1 aliphatic rings. The molecule has 0 heterocycles. The first-order valence-corrected chi connectivity index (χ1v) is 7.20. The highest BCUT2D eigenvalue weighted by Crippen LogP contribution is 2.37. The quantitative estimate of drug-likeness (QED) is 0.765. The number of nitriles is 1. The Morgan fingerprint density at radius 3 is 2.48 bits per heavy atom. The van der Waals surface area contributed by atoms with E-state index in [1.807, 2.05) is 0 Å². The highest BCUT2D eigenvalue weighted by atomic mass is 16.3. The molecule has 21 heavy (non-hydrogen) atoms. The number of phenolic OH excluding ortho intramolecular Hbond substituents is 1. The molecular formula is C16H20N2O3. The Morgan fingerprint density at radius 1 is 1.33 bits per heavy atom. The zero-order valence-corrected chi connectivity index (χ0v) is 11.9. The average Bonchev–Trinajstić information content (AvgIpc) is 2.99. The Hall–Kier alpha value is -2.06. The van der Waals surface area contributed by atoms with E-state index in [1.54, 1.807) is 24.3 Å². The van der Waals surface area contributed by atoms with E-state index in [4.69, 9.17) is 0 Å². The molecule has 0 saturated heterocycles. The molecule has 0 unspecified atom stereocenters. The van der Waals surface area contributed by atoms with Gasteiger partial charge in [0.05, 0.1) is 18.7 Å². The van der Waals surface area contributed by atoms with Gasteiger partial charge in [0.15, 0.2) is 0 Å². The van der Waals surface area contributed by atoms with Gasteiger partial charge >= 0.3 is 0 Å². The fourth-order valence-corrected chi connectivity index (χ4v) is 2.77. The number of aliphatic hydroxyl groups is 1. The molecule has 1 aromatic carbocycles. The number of aromatic hydroxyl groups is 1. The smallest absolute Gasteiger partial charge is 0.240 e. The molecule has 1 amide bonds. The minimum atomic E-state index is -0.928. The Labute approximate surface area is 124 Å². The van der Waals surface area contributed by atoms with Gasteiger partial charge in [-0.15, -0.1) is 0 Å². The van der Waals surface area contributed by atoms with Crippen LogP contribution in [0.25, 0.3) is 0 Å². The molecule has 1 aliphatic carbocycles. The van der Waals surface area contributed by atoms with Crippen molar-refractivity contribution in [3.63, 3.8) is 0 Å². The molecular weight excluding hydrogens is 268 g/mol. The van der Waals surface area contributed by atoms with Crippen LogP contribution in [-0.4, -0.2) is 28.8 Å². The summed E-state index contributed by atoms with van der Waals surface area (Å²) in [5, 5.41) is 30.8. The van der Waals surface area contributed by atoms with Crippen molar-refractivity contribution in [1.82, 2.24) is 5.32 Å². The van der Waals surface area contributed by atoms with Gasteiger partial charge < -0.3 is 15.5 Å². The van der Waals surface area contributed by atoms with E-state index in [9.17, 15) is 20.3 Å². The van der Waals surface area contributed by atoms with Crippen LogP contribution >= 0.6 is 0 Å². The van der Waals surface area contributed by atoms with Gasteiger partial charge in [0, 0.05) is 0 Å². The van der Waals surface area contributed by atoms with Crippen LogP contribution in [0.3, 0.4) is 0 Å². The van der Waals surface area contributed by atoms with Gasteiger partial charge in [-0.2, -0.15) is 5.26 Å². The van der Waals surface area contributed by atoms with Crippen LogP contribution in [0.1, 0.15) is 31.2 Å². The number of rotatable bonds is 5. The second-order valence-corrected chi connectivity index (χ2v) is 5.62. The Balaban J connectivity index is 2.00. The zero-order chi connectivity index (χ0) is 15.3. The third-order valence-corrected chi connectivity index (χ3v) is 4.08. The van der Waals surface area contributed by atoms with Gasteiger partial charge in [0.25, 0.3) is 0 Å². The standard InChI is InChI=1S/C16H20N2O3/c17-11-16(7-1-2-8-16)15(21)18-13(10-19)9-12-3-5-14(20)6-4-12/h3-6,13,19-20H,1-2,7-10H2,(H,18,21)/t13-/m0/s1. The molecule has 0 aliphatic heterocycles. The lowest BCUT2D eigenvalue weighted by Gasteiger charge is -2.24. The highest BCUT2D eigenvalue weighted by Gasteiger charge is 2.42. The fourth-order valence-electron chi connectivity index (χ4n) is 2.77. The van der Waals surface area contributed by atoms with E-state index in [0.29, 0.717) is 19.3 Å². The number of nitrogens with zero attached hydrogens (tertiary/aromatic N) is 1. The first-order chi connectivity index (χ1) is 10.1. The Morgan fingerprint density at radius 2 is 1.95 bits per heavy atom. The van der Waals surface area contributed by atoms with Crippen molar-refractivity contribution < 1.29 is 15.0 Å². The molecule has 5 nitrogen and oxygen atoms in total. The summed E-state index contributed by atoms with van der Waals surface area (Å²) in [6.45, 7) is -0.186.